The minimum Gasteiger partial charge on any atom is -0.369 e. The van der Waals surface area contributed by atoms with Gasteiger partial charge in [-0.25, -0.2) is 0 Å². The Bertz CT molecular complexity index is 99.9. The molecule has 0 bridgehead atoms. The van der Waals surface area contributed by atoms with Gasteiger partial charge in [0.2, 0.25) is 17.1 Å². The maximum absolute atomic E-state index is 11.1. The molecule has 1 amide bonds. The summed E-state index contributed by atoms with van der Waals surface area (Å²) in [6.45, 7) is 0. The molecule has 0 heterocycles. The fourth-order valence-corrected chi connectivity index (χ4v) is 0.484. The van der Waals surface area contributed by atoms with E-state index in [9.17, 15) is 16.5 Å². The van der Waals surface area contributed by atoms with Gasteiger partial charge in [-0.15, -0.1) is 11.7 Å². The van der Waals surface area contributed by atoms with Gasteiger partial charge in [-0.2, -0.15) is 0 Å². The summed E-state index contributed by atoms with van der Waals surface area (Å²) >= 11 is -5.20. The van der Waals surface area contributed by atoms with E-state index in [0.29, 0.717) is 0 Å². The Kier molecular flexibility index (Phi) is 2.14. The van der Waals surface area contributed by atoms with Crippen LogP contribution in [0.3, 0.4) is 0 Å². The summed E-state index contributed by atoms with van der Waals surface area (Å²) < 4.78 is 33.3. The number of rotatable bonds is 2. The molecule has 2 N–H and O–H groups in total. The van der Waals surface area contributed by atoms with Gasteiger partial charge in [-0.3, -0.25) is 4.79 Å². The number of amides is 1. The summed E-state index contributed by atoms with van der Waals surface area (Å²) in [6.07, 6.45) is 0. The van der Waals surface area contributed by atoms with Crippen molar-refractivity contribution in [2.24, 2.45) is 5.73 Å². The lowest BCUT2D eigenvalue weighted by Gasteiger charge is -2.04. The molecule has 0 fully saturated rings. The molecular weight excluding hydrogens is 143 g/mol. The quantitative estimate of drug-likeness (QED) is 0.620. The summed E-state index contributed by atoms with van der Waals surface area (Å²) in [7, 11) is 0. The second-order valence-corrected chi connectivity index (χ2v) is 2.41. The van der Waals surface area contributed by atoms with Gasteiger partial charge in [0.25, 0.3) is 0 Å². The Morgan fingerprint density at radius 2 is 1.88 bits per heavy atom. The van der Waals surface area contributed by atoms with Crippen LogP contribution in [0.2, 0.25) is 0 Å². The third-order valence-electron chi connectivity index (χ3n) is 0.306. The van der Waals surface area contributed by atoms with Crippen LogP contribution < -0.4 is 5.73 Å². The first kappa shape index (κ1) is 7.61. The lowest BCUT2D eigenvalue weighted by molar-refractivity contribution is -0.115. The Morgan fingerprint density at radius 3 is 1.88 bits per heavy atom. The van der Waals surface area contributed by atoms with Crippen molar-refractivity contribution in [1.29, 1.82) is 0 Å². The first-order valence-electron chi connectivity index (χ1n) is 1.60. The SMILES string of the molecule is NC(=O)CS(F)(F)F. The van der Waals surface area contributed by atoms with E-state index in [-0.39, 0.29) is 0 Å². The zero-order valence-corrected chi connectivity index (χ0v) is 4.55. The van der Waals surface area contributed by atoms with Gasteiger partial charge < -0.3 is 5.73 Å². The zero-order chi connectivity index (χ0) is 6.78. The third kappa shape index (κ3) is 5.61. The van der Waals surface area contributed by atoms with Crippen LogP contribution in [0.5, 0.6) is 0 Å². The van der Waals surface area contributed by atoms with Gasteiger partial charge in [0.15, 0.2) is 0 Å². The van der Waals surface area contributed by atoms with Crippen LogP contribution in [0.1, 0.15) is 0 Å². The molecule has 0 aromatic carbocycles. The van der Waals surface area contributed by atoms with Crippen molar-refractivity contribution in [2.75, 3.05) is 5.75 Å². The minimum atomic E-state index is -5.20. The summed E-state index contributed by atoms with van der Waals surface area (Å²) in [5, 5.41) is 0. The highest BCUT2D eigenvalue weighted by atomic mass is 32.3. The van der Waals surface area contributed by atoms with E-state index in [1.165, 1.54) is 0 Å². The Hall–Kier alpha value is -0.390. The van der Waals surface area contributed by atoms with E-state index in [1.807, 2.05) is 0 Å². The van der Waals surface area contributed by atoms with Crippen LogP contribution >= 0.6 is 11.2 Å². The highest BCUT2D eigenvalue weighted by Gasteiger charge is 2.23. The van der Waals surface area contributed by atoms with Crippen molar-refractivity contribution in [1.82, 2.24) is 0 Å². The number of hydrogen-bond acceptors (Lipinski definition) is 1. The zero-order valence-electron chi connectivity index (χ0n) is 3.73. The molecule has 0 saturated heterocycles. The average Bonchev–Trinajstić information content (AvgIpc) is 1.21. The van der Waals surface area contributed by atoms with Crippen molar-refractivity contribution in [3.05, 3.63) is 0 Å². The van der Waals surface area contributed by atoms with Crippen LogP contribution in [-0.4, -0.2) is 11.7 Å². The van der Waals surface area contributed by atoms with E-state index in [2.05, 4.69) is 5.73 Å². The summed E-state index contributed by atoms with van der Waals surface area (Å²) in [5.41, 5.74) is 4.24. The summed E-state index contributed by atoms with van der Waals surface area (Å²) in [6, 6.07) is 0. The number of halogens is 3. The molecule has 8 heavy (non-hydrogen) atoms. The topological polar surface area (TPSA) is 43.1 Å². The van der Waals surface area contributed by atoms with Crippen LogP contribution in [0.25, 0.3) is 0 Å². The van der Waals surface area contributed by atoms with E-state index < -0.39 is 22.8 Å². The first-order valence-corrected chi connectivity index (χ1v) is 3.10. The molecule has 0 unspecified atom stereocenters. The third-order valence-corrected chi connectivity index (χ3v) is 0.918. The predicted octanol–water partition coefficient (Wildman–Crippen LogP) is 0.930. The lowest BCUT2D eigenvalue weighted by Crippen LogP contribution is -2.15. The van der Waals surface area contributed by atoms with Crippen molar-refractivity contribution in [3.63, 3.8) is 0 Å². The Labute approximate surface area is 46.0 Å². The van der Waals surface area contributed by atoms with Gasteiger partial charge in [0.1, 0.15) is 5.75 Å². The fraction of sp³-hybridized carbons (Fsp3) is 0.500. The number of carbonyl (C=O) groups excluding carboxylic acids is 1. The van der Waals surface area contributed by atoms with Crippen LogP contribution in [0.15, 0.2) is 0 Å². The van der Waals surface area contributed by atoms with Crippen LogP contribution in [-0.2, 0) is 4.79 Å². The van der Waals surface area contributed by atoms with E-state index >= 15 is 0 Å². The van der Waals surface area contributed by atoms with Gasteiger partial charge >= 0.3 is 0 Å². The van der Waals surface area contributed by atoms with Crippen LogP contribution in [0.4, 0.5) is 11.7 Å². The molecule has 0 rings (SSSR count). The molecule has 0 atom stereocenters. The maximum atomic E-state index is 11.1. The number of nitrogens with two attached hydrogens (primary N) is 1. The molecule has 0 spiro atoms. The molecular formula is C2H4F3NOS. The largest absolute Gasteiger partial charge is 0.369 e. The average molecular weight is 147 g/mol. The van der Waals surface area contributed by atoms with Gasteiger partial charge in [-0.05, 0) is 0 Å². The monoisotopic (exact) mass is 147 g/mol. The van der Waals surface area contributed by atoms with Crippen molar-refractivity contribution in [3.8, 4) is 0 Å². The normalized spacial score (nSPS) is 13.4. The molecule has 0 radical (unpaired) electrons. The van der Waals surface area contributed by atoms with Gasteiger partial charge in [-0.1, -0.05) is 0 Å². The fourth-order valence-electron chi connectivity index (χ4n) is 0.161. The van der Waals surface area contributed by atoms with E-state index in [1.54, 1.807) is 0 Å². The second-order valence-electron chi connectivity index (χ2n) is 1.11. The number of primary amides is 1. The van der Waals surface area contributed by atoms with Crippen LogP contribution in [0, 0.1) is 0 Å². The Balaban J connectivity index is 3.55. The molecule has 0 aromatic heterocycles. The predicted molar refractivity (Wildman–Crippen MR) is 25.0 cm³/mol. The maximum Gasteiger partial charge on any atom is 0.233 e. The molecule has 0 aliphatic carbocycles. The van der Waals surface area contributed by atoms with E-state index in [4.69, 9.17) is 0 Å². The second kappa shape index (κ2) is 2.25. The molecule has 6 heteroatoms. The number of carbonyl (C=O) groups is 1. The molecule has 0 aliphatic rings. The lowest BCUT2D eigenvalue weighted by atomic mass is 10.8. The first-order chi connectivity index (χ1) is 3.42. The smallest absolute Gasteiger partial charge is 0.233 e. The van der Waals surface area contributed by atoms with Crippen molar-refractivity contribution in [2.45, 2.75) is 0 Å². The Morgan fingerprint density at radius 1 is 1.50 bits per heavy atom. The molecule has 2 nitrogen and oxygen atoms in total. The summed E-state index contributed by atoms with van der Waals surface area (Å²) in [5.74, 6) is -2.76. The number of hydrogen-bond donors (Lipinski definition) is 1. The molecule has 0 saturated carbocycles. The van der Waals surface area contributed by atoms with Crippen molar-refractivity contribution < 1.29 is 16.5 Å². The van der Waals surface area contributed by atoms with E-state index in [0.717, 1.165) is 0 Å². The highest BCUT2D eigenvalue weighted by Crippen LogP contribution is 2.52. The standard InChI is InChI=1S/C2H4F3NOS/c3-8(4,5)1-2(6)7/h1H2,(H2,6,7). The highest BCUT2D eigenvalue weighted by molar-refractivity contribution is 8.21. The minimum absolute atomic E-state index is 1.31. The van der Waals surface area contributed by atoms with Gasteiger partial charge in [0, 0.05) is 0 Å². The summed E-state index contributed by atoms with van der Waals surface area (Å²) in [4.78, 5) is 9.54. The molecule has 0 aromatic rings. The van der Waals surface area contributed by atoms with Crippen molar-refractivity contribution >= 4 is 17.1 Å². The van der Waals surface area contributed by atoms with Gasteiger partial charge in [0.05, 0.1) is 0 Å². The molecule has 50 valence electrons. The molecule has 0 aliphatic heterocycles.